The fourth-order valence-corrected chi connectivity index (χ4v) is 3.39. The maximum Gasteiger partial charge on any atom is 0.271 e. The van der Waals surface area contributed by atoms with Crippen LogP contribution in [0.15, 0.2) is 35.2 Å². The van der Waals surface area contributed by atoms with Crippen LogP contribution in [0.1, 0.15) is 0 Å². The van der Waals surface area contributed by atoms with E-state index < -0.39 is 14.9 Å². The predicted octanol–water partition coefficient (Wildman–Crippen LogP) is 4.26. The Kier molecular flexibility index (Phi) is 5.56. The quantitative estimate of drug-likeness (QED) is 0.585. The van der Waals surface area contributed by atoms with E-state index in [0.717, 1.165) is 18.2 Å². The molecule has 2 rings (SSSR count). The molecule has 1 N–H and O–H groups in total. The van der Waals surface area contributed by atoms with Crippen molar-refractivity contribution in [1.82, 2.24) is 4.72 Å². The highest BCUT2D eigenvalue weighted by Gasteiger charge is 2.19. The fraction of sp³-hybridized carbons (Fsp3) is 0.0769. The smallest absolute Gasteiger partial charge is 0.271 e. The second-order valence-electron chi connectivity index (χ2n) is 4.40. The van der Waals surface area contributed by atoms with Gasteiger partial charge in [-0.1, -0.05) is 34.8 Å². The summed E-state index contributed by atoms with van der Waals surface area (Å²) >= 11 is 18.0. The molecule has 0 spiro atoms. The number of hydrogen-bond acceptors (Lipinski definition) is 5. The van der Waals surface area contributed by atoms with Crippen molar-refractivity contribution in [3.05, 3.63) is 55.5 Å². The minimum atomic E-state index is -3.73. The Hall–Kier alpha value is -1.58. The van der Waals surface area contributed by atoms with Gasteiger partial charge in [-0.15, -0.1) is 0 Å². The minimum absolute atomic E-state index is 0.0239. The number of ether oxygens (including phenoxy) is 1. The van der Waals surface area contributed by atoms with Crippen LogP contribution in [0, 0.1) is 10.1 Å². The highest BCUT2D eigenvalue weighted by molar-refractivity contribution is 7.89. The van der Waals surface area contributed by atoms with Gasteiger partial charge in [0.1, 0.15) is 5.75 Å². The zero-order valence-electron chi connectivity index (χ0n) is 11.9. The summed E-state index contributed by atoms with van der Waals surface area (Å²) in [6, 6.07) is 5.91. The molecule has 0 atom stereocenters. The van der Waals surface area contributed by atoms with Gasteiger partial charge in [-0.3, -0.25) is 10.1 Å². The highest BCUT2D eigenvalue weighted by Crippen LogP contribution is 2.41. The summed E-state index contributed by atoms with van der Waals surface area (Å²) in [5.41, 5.74) is -0.208. The Morgan fingerprint density at radius 3 is 2.12 bits per heavy atom. The van der Waals surface area contributed by atoms with E-state index >= 15 is 0 Å². The van der Waals surface area contributed by atoms with Gasteiger partial charge in [-0.2, -0.15) is 0 Å². The third-order valence-corrected chi connectivity index (χ3v) is 5.14. The Labute approximate surface area is 152 Å². The Morgan fingerprint density at radius 2 is 1.67 bits per heavy atom. The first kappa shape index (κ1) is 18.8. The van der Waals surface area contributed by atoms with Gasteiger partial charge in [0.25, 0.3) is 5.69 Å². The number of halogens is 3. The molecule has 2 aromatic carbocycles. The van der Waals surface area contributed by atoms with Crippen molar-refractivity contribution in [2.24, 2.45) is 0 Å². The van der Waals surface area contributed by atoms with Gasteiger partial charge < -0.3 is 4.74 Å². The normalized spacial score (nSPS) is 11.3. The van der Waals surface area contributed by atoms with Crippen LogP contribution < -0.4 is 9.46 Å². The van der Waals surface area contributed by atoms with Crippen molar-refractivity contribution in [2.45, 2.75) is 4.90 Å². The summed E-state index contributed by atoms with van der Waals surface area (Å²) in [6.45, 7) is 0. The van der Waals surface area contributed by atoms with Crippen molar-refractivity contribution < 1.29 is 18.1 Å². The number of non-ortho nitro benzene ring substituents is 1. The number of benzene rings is 2. The van der Waals surface area contributed by atoms with Crippen LogP contribution in [0.5, 0.6) is 11.5 Å². The summed E-state index contributed by atoms with van der Waals surface area (Å²) in [5, 5.41) is 10.5. The summed E-state index contributed by atoms with van der Waals surface area (Å²) in [4.78, 5) is 9.95. The van der Waals surface area contributed by atoms with Crippen LogP contribution in [0.3, 0.4) is 0 Å². The molecule has 0 amide bonds. The van der Waals surface area contributed by atoms with Gasteiger partial charge in [-0.05, 0) is 25.2 Å². The molecule has 0 heterocycles. The first-order valence-corrected chi connectivity index (χ1v) is 8.82. The zero-order valence-corrected chi connectivity index (χ0v) is 15.0. The molecule has 7 nitrogen and oxygen atoms in total. The van der Waals surface area contributed by atoms with Gasteiger partial charge in [-0.25, -0.2) is 13.1 Å². The summed E-state index contributed by atoms with van der Waals surface area (Å²) in [5.74, 6) is 0.0550. The number of rotatable bonds is 5. The molecule has 0 aromatic heterocycles. The van der Waals surface area contributed by atoms with Crippen molar-refractivity contribution in [3.63, 3.8) is 0 Å². The van der Waals surface area contributed by atoms with E-state index in [0.29, 0.717) is 0 Å². The highest BCUT2D eigenvalue weighted by atomic mass is 35.5. The summed E-state index contributed by atoms with van der Waals surface area (Å²) in [7, 11) is -2.48. The number of nitro groups is 1. The topological polar surface area (TPSA) is 98.5 Å². The molecular formula is C13H9Cl3N2O5S. The van der Waals surface area contributed by atoms with Crippen molar-refractivity contribution in [1.29, 1.82) is 0 Å². The molecule has 0 aliphatic heterocycles. The first-order valence-electron chi connectivity index (χ1n) is 6.20. The van der Waals surface area contributed by atoms with Crippen LogP contribution >= 0.6 is 34.8 Å². The average molecular weight is 412 g/mol. The third-order valence-electron chi connectivity index (χ3n) is 2.89. The molecule has 11 heteroatoms. The lowest BCUT2D eigenvalue weighted by Gasteiger charge is -2.12. The lowest BCUT2D eigenvalue weighted by atomic mass is 10.3. The number of nitrogens with zero attached hydrogens (tertiary/aromatic N) is 1. The van der Waals surface area contributed by atoms with Crippen LogP contribution in [0.4, 0.5) is 5.69 Å². The van der Waals surface area contributed by atoms with E-state index in [1.807, 2.05) is 0 Å². The molecule has 0 fully saturated rings. The van der Waals surface area contributed by atoms with Gasteiger partial charge in [0.15, 0.2) is 5.75 Å². The van der Waals surface area contributed by atoms with Crippen molar-refractivity contribution in [2.75, 3.05) is 7.05 Å². The van der Waals surface area contributed by atoms with Gasteiger partial charge >= 0.3 is 0 Å². The van der Waals surface area contributed by atoms with E-state index in [4.69, 9.17) is 39.5 Å². The molecule has 128 valence electrons. The van der Waals surface area contributed by atoms with Gasteiger partial charge in [0.2, 0.25) is 10.0 Å². The summed E-state index contributed by atoms with van der Waals surface area (Å²) < 4.78 is 31.2. The molecule has 0 radical (unpaired) electrons. The Bertz CT molecular complexity index is 895. The lowest BCUT2D eigenvalue weighted by molar-refractivity contribution is -0.384. The van der Waals surface area contributed by atoms with E-state index in [1.165, 1.54) is 19.2 Å². The maximum atomic E-state index is 11.8. The van der Waals surface area contributed by atoms with Gasteiger partial charge in [0, 0.05) is 12.1 Å². The largest absolute Gasteiger partial charge is 0.453 e. The molecular weight excluding hydrogens is 403 g/mol. The predicted molar refractivity (Wildman–Crippen MR) is 90.9 cm³/mol. The molecule has 0 aliphatic carbocycles. The molecule has 2 aromatic rings. The van der Waals surface area contributed by atoms with E-state index in [9.17, 15) is 18.5 Å². The van der Waals surface area contributed by atoms with Crippen LogP contribution in [-0.4, -0.2) is 20.4 Å². The molecule has 0 unspecified atom stereocenters. The first-order chi connectivity index (χ1) is 11.2. The number of nitro benzene ring substituents is 1. The minimum Gasteiger partial charge on any atom is -0.453 e. The second-order valence-corrected chi connectivity index (χ2v) is 7.51. The van der Waals surface area contributed by atoms with Crippen LogP contribution in [0.2, 0.25) is 15.1 Å². The van der Waals surface area contributed by atoms with Gasteiger partial charge in [0.05, 0.1) is 24.9 Å². The molecule has 0 bridgehead atoms. The maximum absolute atomic E-state index is 11.8. The Morgan fingerprint density at radius 1 is 1.08 bits per heavy atom. The monoisotopic (exact) mass is 410 g/mol. The average Bonchev–Trinajstić information content (AvgIpc) is 2.51. The molecule has 0 saturated heterocycles. The number of hydrogen-bond donors (Lipinski definition) is 1. The second kappa shape index (κ2) is 7.12. The fourth-order valence-electron chi connectivity index (χ4n) is 1.70. The van der Waals surface area contributed by atoms with Crippen molar-refractivity contribution >= 4 is 50.5 Å². The standard InChI is InChI=1S/C13H9Cl3N2O5S/c1-17-24(21,22)8-5-10(15)13(11(16)6-8)23-12-3-2-7(18(19)20)4-9(12)14/h2-6,17H,1H3. The molecule has 0 aliphatic rings. The Balaban J connectivity index is 2.43. The van der Waals surface area contributed by atoms with E-state index in [2.05, 4.69) is 4.72 Å². The third kappa shape index (κ3) is 3.90. The molecule has 0 saturated carbocycles. The molecule has 24 heavy (non-hydrogen) atoms. The SMILES string of the molecule is CNS(=O)(=O)c1cc(Cl)c(Oc2ccc([N+](=O)[O-])cc2Cl)c(Cl)c1. The number of sulfonamides is 1. The van der Waals surface area contributed by atoms with Crippen LogP contribution in [-0.2, 0) is 10.0 Å². The number of nitrogens with one attached hydrogen (secondary N) is 1. The zero-order chi connectivity index (χ0) is 18.1. The van der Waals surface area contributed by atoms with Crippen LogP contribution in [0.25, 0.3) is 0 Å². The van der Waals surface area contributed by atoms with E-state index in [1.54, 1.807) is 0 Å². The summed E-state index contributed by atoms with van der Waals surface area (Å²) in [6.07, 6.45) is 0. The van der Waals surface area contributed by atoms with E-state index in [-0.39, 0.29) is 37.1 Å². The van der Waals surface area contributed by atoms with Crippen molar-refractivity contribution in [3.8, 4) is 11.5 Å². The lowest BCUT2D eigenvalue weighted by Crippen LogP contribution is -2.18.